The van der Waals surface area contributed by atoms with Crippen molar-refractivity contribution in [1.82, 2.24) is 0 Å². The van der Waals surface area contributed by atoms with Gasteiger partial charge in [-0.2, -0.15) is 0 Å². The molecule has 2 rings (SSSR count). The van der Waals surface area contributed by atoms with Gasteiger partial charge in [0.1, 0.15) is 0 Å². The fourth-order valence-electron chi connectivity index (χ4n) is 3.38. The summed E-state index contributed by atoms with van der Waals surface area (Å²) in [4.78, 5) is 12.5. The van der Waals surface area contributed by atoms with Crippen LogP contribution in [0.3, 0.4) is 0 Å². The Morgan fingerprint density at radius 3 is 2.71 bits per heavy atom. The number of carboxylic acid groups (broad SMARTS) is 1. The van der Waals surface area contributed by atoms with E-state index in [1.165, 1.54) is 12.8 Å². The summed E-state index contributed by atoms with van der Waals surface area (Å²) in [5, 5.41) is 13.1. The number of anilines is 1. The highest BCUT2D eigenvalue weighted by molar-refractivity contribution is 7.99. The Morgan fingerprint density at radius 1 is 1.38 bits per heavy atom. The minimum atomic E-state index is -0.841. The van der Waals surface area contributed by atoms with Crippen LogP contribution in [0.1, 0.15) is 50.4 Å². The summed E-state index contributed by atoms with van der Waals surface area (Å²) >= 11 is 1.59. The third kappa shape index (κ3) is 3.54. The Morgan fingerprint density at radius 2 is 2.14 bits per heavy atom. The summed E-state index contributed by atoms with van der Waals surface area (Å²) in [6.07, 6.45) is 3.57. The van der Waals surface area contributed by atoms with E-state index in [1.54, 1.807) is 11.8 Å². The van der Waals surface area contributed by atoms with Gasteiger partial charge >= 0.3 is 5.97 Å². The standard InChI is InChI=1S/C17H25NO2S/c1-4-12-9-10-13(11(12)3)18-14-7-6-8-15(21-5-2)16(14)17(19)20/h6-8,11-13,18H,4-5,9-10H2,1-3H3,(H,19,20). The molecular weight excluding hydrogens is 282 g/mol. The number of carbonyl (C=O) groups is 1. The smallest absolute Gasteiger partial charge is 0.338 e. The molecule has 0 spiro atoms. The van der Waals surface area contributed by atoms with Gasteiger partial charge in [0.05, 0.1) is 11.3 Å². The molecule has 0 aromatic heterocycles. The first-order valence-corrected chi connectivity index (χ1v) is 8.82. The van der Waals surface area contributed by atoms with E-state index in [0.717, 1.165) is 28.7 Å². The molecule has 3 atom stereocenters. The molecule has 1 fully saturated rings. The molecule has 1 aromatic carbocycles. The molecule has 21 heavy (non-hydrogen) atoms. The molecule has 0 amide bonds. The summed E-state index contributed by atoms with van der Waals surface area (Å²) in [5.74, 6) is 1.39. The van der Waals surface area contributed by atoms with E-state index in [-0.39, 0.29) is 0 Å². The van der Waals surface area contributed by atoms with Crippen molar-refractivity contribution in [3.63, 3.8) is 0 Å². The number of thioether (sulfide) groups is 1. The molecule has 2 N–H and O–H groups in total. The summed E-state index contributed by atoms with van der Waals surface area (Å²) in [5.41, 5.74) is 1.20. The molecule has 1 aliphatic carbocycles. The zero-order valence-electron chi connectivity index (χ0n) is 13.1. The molecule has 1 saturated carbocycles. The first kappa shape index (κ1) is 16.2. The van der Waals surface area contributed by atoms with E-state index in [1.807, 2.05) is 25.1 Å². The van der Waals surface area contributed by atoms with Crippen LogP contribution in [0.5, 0.6) is 0 Å². The Balaban J connectivity index is 2.24. The molecule has 3 unspecified atom stereocenters. The average Bonchev–Trinajstić information content (AvgIpc) is 2.80. The maximum atomic E-state index is 11.6. The Kier molecular flexibility index (Phi) is 5.57. The molecule has 0 bridgehead atoms. The maximum Gasteiger partial charge on any atom is 0.338 e. The minimum Gasteiger partial charge on any atom is -0.478 e. The van der Waals surface area contributed by atoms with E-state index < -0.39 is 5.97 Å². The molecule has 3 nitrogen and oxygen atoms in total. The van der Waals surface area contributed by atoms with Gasteiger partial charge in [0.2, 0.25) is 0 Å². The molecule has 0 radical (unpaired) electrons. The van der Waals surface area contributed by atoms with Gasteiger partial charge in [-0.15, -0.1) is 11.8 Å². The highest BCUT2D eigenvalue weighted by Gasteiger charge is 2.32. The van der Waals surface area contributed by atoms with Crippen molar-refractivity contribution < 1.29 is 9.90 Å². The summed E-state index contributed by atoms with van der Waals surface area (Å²) in [6, 6.07) is 6.13. The van der Waals surface area contributed by atoms with Crippen LogP contribution in [0.15, 0.2) is 23.1 Å². The minimum absolute atomic E-state index is 0.384. The van der Waals surface area contributed by atoms with E-state index in [0.29, 0.717) is 17.5 Å². The molecule has 0 heterocycles. The van der Waals surface area contributed by atoms with Crippen molar-refractivity contribution in [2.45, 2.75) is 51.0 Å². The van der Waals surface area contributed by atoms with Crippen LogP contribution in [0.25, 0.3) is 0 Å². The van der Waals surface area contributed by atoms with E-state index >= 15 is 0 Å². The van der Waals surface area contributed by atoms with Gasteiger partial charge in [0, 0.05) is 10.9 Å². The van der Waals surface area contributed by atoms with E-state index in [2.05, 4.69) is 19.2 Å². The van der Waals surface area contributed by atoms with Gasteiger partial charge in [0.15, 0.2) is 0 Å². The monoisotopic (exact) mass is 307 g/mol. The topological polar surface area (TPSA) is 49.3 Å². The zero-order chi connectivity index (χ0) is 15.4. The molecule has 0 saturated heterocycles. The number of hydrogen-bond donors (Lipinski definition) is 2. The lowest BCUT2D eigenvalue weighted by Crippen LogP contribution is -2.25. The van der Waals surface area contributed by atoms with Crippen LogP contribution < -0.4 is 5.32 Å². The number of carboxylic acids is 1. The lowest BCUT2D eigenvalue weighted by molar-refractivity contribution is 0.0694. The van der Waals surface area contributed by atoms with Crippen LogP contribution in [-0.4, -0.2) is 22.9 Å². The highest BCUT2D eigenvalue weighted by Crippen LogP contribution is 2.37. The van der Waals surface area contributed by atoms with Crippen LogP contribution in [-0.2, 0) is 0 Å². The molecule has 1 aliphatic rings. The molecule has 0 aliphatic heterocycles. The summed E-state index contributed by atoms with van der Waals surface area (Å²) < 4.78 is 0. The van der Waals surface area contributed by atoms with Crippen molar-refractivity contribution in [2.24, 2.45) is 11.8 Å². The SMILES string of the molecule is CCSc1cccc(NC2CCC(CC)C2C)c1C(=O)O. The lowest BCUT2D eigenvalue weighted by Gasteiger charge is -2.23. The number of benzene rings is 1. The number of rotatable bonds is 6. The van der Waals surface area contributed by atoms with Crippen molar-refractivity contribution in [3.8, 4) is 0 Å². The molecular formula is C17H25NO2S. The second-order valence-corrected chi connectivity index (χ2v) is 7.08. The van der Waals surface area contributed by atoms with Crippen LogP contribution in [0.2, 0.25) is 0 Å². The van der Waals surface area contributed by atoms with Crippen molar-refractivity contribution in [3.05, 3.63) is 23.8 Å². The number of hydrogen-bond acceptors (Lipinski definition) is 3. The van der Waals surface area contributed by atoms with Gasteiger partial charge in [-0.25, -0.2) is 4.79 Å². The highest BCUT2D eigenvalue weighted by atomic mass is 32.2. The third-order valence-corrected chi connectivity index (χ3v) is 5.57. The summed E-state index contributed by atoms with van der Waals surface area (Å²) in [7, 11) is 0. The average molecular weight is 307 g/mol. The zero-order valence-corrected chi connectivity index (χ0v) is 13.9. The van der Waals surface area contributed by atoms with Crippen molar-refractivity contribution in [1.29, 1.82) is 0 Å². The van der Waals surface area contributed by atoms with Gasteiger partial charge in [0.25, 0.3) is 0 Å². The van der Waals surface area contributed by atoms with E-state index in [4.69, 9.17) is 0 Å². The molecule has 4 heteroatoms. The van der Waals surface area contributed by atoms with Crippen molar-refractivity contribution >= 4 is 23.4 Å². The maximum absolute atomic E-state index is 11.6. The largest absolute Gasteiger partial charge is 0.478 e. The van der Waals surface area contributed by atoms with Crippen molar-refractivity contribution in [2.75, 3.05) is 11.1 Å². The van der Waals surface area contributed by atoms with Gasteiger partial charge in [-0.05, 0) is 42.6 Å². The quantitative estimate of drug-likeness (QED) is 0.746. The van der Waals surface area contributed by atoms with Gasteiger partial charge in [-0.1, -0.05) is 33.3 Å². The third-order valence-electron chi connectivity index (χ3n) is 4.63. The number of aromatic carboxylic acids is 1. The number of nitrogens with one attached hydrogen (secondary N) is 1. The van der Waals surface area contributed by atoms with Gasteiger partial charge in [-0.3, -0.25) is 0 Å². The van der Waals surface area contributed by atoms with Crippen LogP contribution in [0, 0.1) is 11.8 Å². The van der Waals surface area contributed by atoms with Gasteiger partial charge < -0.3 is 10.4 Å². The van der Waals surface area contributed by atoms with Crippen LogP contribution >= 0.6 is 11.8 Å². The Bertz CT molecular complexity index is 504. The predicted molar refractivity (Wildman–Crippen MR) is 89.4 cm³/mol. The second-order valence-electron chi connectivity index (χ2n) is 5.77. The normalized spacial score (nSPS) is 25.0. The Hall–Kier alpha value is -1.16. The fourth-order valence-corrected chi connectivity index (χ4v) is 4.20. The second kappa shape index (κ2) is 7.21. The summed E-state index contributed by atoms with van der Waals surface area (Å²) in [6.45, 7) is 6.57. The molecule has 1 aromatic rings. The Labute approximate surface area is 131 Å². The predicted octanol–water partition coefficient (Wildman–Crippen LogP) is 4.73. The van der Waals surface area contributed by atoms with Crippen LogP contribution in [0.4, 0.5) is 5.69 Å². The lowest BCUT2D eigenvalue weighted by atomic mass is 9.93. The first-order chi connectivity index (χ1) is 10.1. The fraction of sp³-hybridized carbons (Fsp3) is 0.588. The van der Waals surface area contributed by atoms with E-state index in [9.17, 15) is 9.90 Å². The molecule has 116 valence electrons. The first-order valence-electron chi connectivity index (χ1n) is 7.84.